The first kappa shape index (κ1) is 18.9. The average Bonchev–Trinajstić information content (AvgIpc) is 3.15. The fourth-order valence-corrected chi connectivity index (χ4v) is 3.07. The predicted molar refractivity (Wildman–Crippen MR) is 87.8 cm³/mol. The van der Waals surface area contributed by atoms with Crippen LogP contribution in [0.2, 0.25) is 0 Å². The molecule has 9 heteroatoms. The zero-order valence-electron chi connectivity index (χ0n) is 14.4. The van der Waals surface area contributed by atoms with Crippen LogP contribution in [-0.4, -0.2) is 68.4 Å². The maximum atomic E-state index is 12.8. The first-order valence-corrected chi connectivity index (χ1v) is 8.65. The molecule has 1 aromatic heterocycles. The number of rotatable bonds is 5. The van der Waals surface area contributed by atoms with E-state index < -0.39 is 11.7 Å². The van der Waals surface area contributed by atoms with Crippen LogP contribution < -0.4 is 4.90 Å². The van der Waals surface area contributed by atoms with Gasteiger partial charge >= 0.3 is 6.18 Å². The van der Waals surface area contributed by atoms with Crippen molar-refractivity contribution in [2.45, 2.75) is 12.6 Å². The van der Waals surface area contributed by atoms with E-state index in [-0.39, 0.29) is 18.3 Å². The minimum Gasteiger partial charge on any atom is -0.381 e. The summed E-state index contributed by atoms with van der Waals surface area (Å²) in [5.74, 6) is 0.539. The summed E-state index contributed by atoms with van der Waals surface area (Å²) in [5, 5.41) is 0. The van der Waals surface area contributed by atoms with E-state index in [1.807, 2.05) is 0 Å². The summed E-state index contributed by atoms with van der Waals surface area (Å²) in [6, 6.07) is 2.00. The molecule has 1 unspecified atom stereocenters. The number of ether oxygens (including phenoxy) is 2. The van der Waals surface area contributed by atoms with Crippen molar-refractivity contribution in [3.05, 3.63) is 23.9 Å². The van der Waals surface area contributed by atoms with Crippen molar-refractivity contribution in [3.63, 3.8) is 0 Å². The molecule has 2 aliphatic heterocycles. The van der Waals surface area contributed by atoms with Gasteiger partial charge in [0, 0.05) is 44.9 Å². The summed E-state index contributed by atoms with van der Waals surface area (Å²) in [4.78, 5) is 19.6. The number of hydrogen-bond donors (Lipinski definition) is 0. The fraction of sp³-hybridized carbons (Fsp3) is 0.647. The van der Waals surface area contributed by atoms with Gasteiger partial charge in [-0.05, 0) is 18.6 Å². The second-order valence-corrected chi connectivity index (χ2v) is 6.51. The van der Waals surface area contributed by atoms with Crippen molar-refractivity contribution in [3.8, 4) is 0 Å². The van der Waals surface area contributed by atoms with Gasteiger partial charge in [-0.15, -0.1) is 0 Å². The third-order valence-corrected chi connectivity index (χ3v) is 4.63. The largest absolute Gasteiger partial charge is 0.416 e. The number of nitrogens with zero attached hydrogens (tertiary/aromatic N) is 3. The van der Waals surface area contributed by atoms with Crippen LogP contribution >= 0.6 is 0 Å². The van der Waals surface area contributed by atoms with Gasteiger partial charge < -0.3 is 19.3 Å². The SMILES string of the molecule is O=C(COCC1CCOC1)N1CCN(c2cc(C(F)(F)F)ccn2)CC1. The van der Waals surface area contributed by atoms with E-state index in [1.165, 1.54) is 0 Å². The Kier molecular flexibility index (Phi) is 5.98. The predicted octanol–water partition coefficient (Wildman–Crippen LogP) is 1.80. The summed E-state index contributed by atoms with van der Waals surface area (Å²) in [6.45, 7) is 3.72. The van der Waals surface area contributed by atoms with Crippen molar-refractivity contribution in [1.29, 1.82) is 0 Å². The molecule has 2 aliphatic rings. The second-order valence-electron chi connectivity index (χ2n) is 6.51. The number of amides is 1. The van der Waals surface area contributed by atoms with Crippen molar-refractivity contribution in [1.82, 2.24) is 9.88 Å². The maximum Gasteiger partial charge on any atom is 0.416 e. The molecular formula is C17H22F3N3O3. The van der Waals surface area contributed by atoms with E-state index in [1.54, 1.807) is 9.80 Å². The van der Waals surface area contributed by atoms with Crippen LogP contribution in [0.4, 0.5) is 19.0 Å². The molecule has 2 fully saturated rings. The third kappa shape index (κ3) is 4.85. The van der Waals surface area contributed by atoms with Crippen LogP contribution in [0.5, 0.6) is 0 Å². The number of hydrogen-bond acceptors (Lipinski definition) is 5. The van der Waals surface area contributed by atoms with Gasteiger partial charge in [0.1, 0.15) is 12.4 Å². The lowest BCUT2D eigenvalue weighted by Crippen LogP contribution is -2.50. The topological polar surface area (TPSA) is 54.9 Å². The van der Waals surface area contributed by atoms with E-state index in [0.29, 0.717) is 45.3 Å². The number of piperazine rings is 1. The number of carbonyl (C=O) groups is 1. The van der Waals surface area contributed by atoms with Gasteiger partial charge in [-0.25, -0.2) is 4.98 Å². The normalized spacial score (nSPS) is 21.3. The second kappa shape index (κ2) is 8.22. The fourth-order valence-electron chi connectivity index (χ4n) is 3.07. The lowest BCUT2D eigenvalue weighted by Gasteiger charge is -2.35. The van der Waals surface area contributed by atoms with Crippen LogP contribution in [0.25, 0.3) is 0 Å². The first-order valence-electron chi connectivity index (χ1n) is 8.65. The van der Waals surface area contributed by atoms with Crippen LogP contribution in [0.15, 0.2) is 18.3 Å². The number of pyridine rings is 1. The lowest BCUT2D eigenvalue weighted by molar-refractivity contribution is -0.137. The Morgan fingerprint density at radius 2 is 2.08 bits per heavy atom. The van der Waals surface area contributed by atoms with Gasteiger partial charge in [-0.2, -0.15) is 13.2 Å². The Morgan fingerprint density at radius 1 is 1.31 bits per heavy atom. The molecule has 0 bridgehead atoms. The van der Waals surface area contributed by atoms with E-state index in [2.05, 4.69) is 4.98 Å². The summed E-state index contributed by atoms with van der Waals surface area (Å²) in [7, 11) is 0. The first-order chi connectivity index (χ1) is 12.4. The Balaban J connectivity index is 1.45. The highest BCUT2D eigenvalue weighted by molar-refractivity contribution is 5.77. The van der Waals surface area contributed by atoms with Gasteiger partial charge in [-0.1, -0.05) is 0 Å². The van der Waals surface area contributed by atoms with E-state index in [0.717, 1.165) is 31.4 Å². The number of aromatic nitrogens is 1. The quantitative estimate of drug-likeness (QED) is 0.788. The Bertz CT molecular complexity index is 613. The van der Waals surface area contributed by atoms with Crippen LogP contribution in [0, 0.1) is 5.92 Å². The van der Waals surface area contributed by atoms with Crippen molar-refractivity contribution in [2.75, 3.05) is 57.5 Å². The Hall–Kier alpha value is -1.87. The molecule has 1 aromatic rings. The third-order valence-electron chi connectivity index (χ3n) is 4.63. The Labute approximate surface area is 149 Å². The molecule has 0 aliphatic carbocycles. The molecule has 1 atom stereocenters. The molecule has 1 amide bonds. The summed E-state index contributed by atoms with van der Waals surface area (Å²) in [5.41, 5.74) is -0.717. The van der Waals surface area contributed by atoms with E-state index >= 15 is 0 Å². The standard InChI is InChI=1S/C17H22F3N3O3/c18-17(19,20)14-1-3-21-15(9-14)22-4-6-23(7-5-22)16(24)12-26-11-13-2-8-25-10-13/h1,3,9,13H,2,4-8,10-12H2. The lowest BCUT2D eigenvalue weighted by atomic mass is 10.1. The molecule has 0 spiro atoms. The molecule has 0 N–H and O–H groups in total. The number of anilines is 1. The van der Waals surface area contributed by atoms with Crippen molar-refractivity contribution < 1.29 is 27.4 Å². The molecule has 3 rings (SSSR count). The number of halogens is 3. The molecule has 6 nitrogen and oxygen atoms in total. The molecule has 0 radical (unpaired) electrons. The molecule has 0 saturated carbocycles. The summed E-state index contributed by atoms with van der Waals surface area (Å²) < 4.78 is 49.2. The molecule has 0 aromatic carbocycles. The number of alkyl halides is 3. The number of carbonyl (C=O) groups excluding carboxylic acids is 1. The van der Waals surface area contributed by atoms with E-state index in [4.69, 9.17) is 9.47 Å². The van der Waals surface area contributed by atoms with Gasteiger partial charge in [0.2, 0.25) is 5.91 Å². The van der Waals surface area contributed by atoms with Gasteiger partial charge in [0.25, 0.3) is 0 Å². The highest BCUT2D eigenvalue weighted by Crippen LogP contribution is 2.30. The van der Waals surface area contributed by atoms with Crippen molar-refractivity contribution in [2.24, 2.45) is 5.92 Å². The molecule has 26 heavy (non-hydrogen) atoms. The summed E-state index contributed by atoms with van der Waals surface area (Å²) >= 11 is 0. The molecule has 144 valence electrons. The highest BCUT2D eigenvalue weighted by atomic mass is 19.4. The Morgan fingerprint density at radius 3 is 2.73 bits per heavy atom. The van der Waals surface area contributed by atoms with Crippen molar-refractivity contribution >= 4 is 11.7 Å². The molecular weight excluding hydrogens is 351 g/mol. The zero-order valence-corrected chi connectivity index (χ0v) is 14.4. The minimum absolute atomic E-state index is 0.0261. The maximum absolute atomic E-state index is 12.8. The molecule has 2 saturated heterocycles. The molecule has 3 heterocycles. The van der Waals surface area contributed by atoms with Gasteiger partial charge in [0.05, 0.1) is 18.8 Å². The van der Waals surface area contributed by atoms with Gasteiger partial charge in [-0.3, -0.25) is 4.79 Å². The smallest absolute Gasteiger partial charge is 0.381 e. The van der Waals surface area contributed by atoms with Crippen LogP contribution in [0.1, 0.15) is 12.0 Å². The average molecular weight is 373 g/mol. The monoisotopic (exact) mass is 373 g/mol. The van der Waals surface area contributed by atoms with E-state index in [9.17, 15) is 18.0 Å². The summed E-state index contributed by atoms with van der Waals surface area (Å²) in [6.07, 6.45) is -2.27. The van der Waals surface area contributed by atoms with Crippen LogP contribution in [0.3, 0.4) is 0 Å². The van der Waals surface area contributed by atoms with Crippen LogP contribution in [-0.2, 0) is 20.4 Å². The minimum atomic E-state index is -4.39. The highest BCUT2D eigenvalue weighted by Gasteiger charge is 2.31. The van der Waals surface area contributed by atoms with Gasteiger partial charge in [0.15, 0.2) is 0 Å². The zero-order chi connectivity index (χ0) is 18.6.